The molecule has 1 N–H and O–H groups in total. The van der Waals surface area contributed by atoms with Crippen molar-refractivity contribution in [2.75, 3.05) is 17.7 Å². The van der Waals surface area contributed by atoms with Gasteiger partial charge in [0, 0.05) is 35.6 Å². The van der Waals surface area contributed by atoms with E-state index in [1.807, 2.05) is 30.0 Å². The number of hydrogen-bond acceptors (Lipinski definition) is 5. The number of benzene rings is 1. The van der Waals surface area contributed by atoms with Crippen LogP contribution in [0, 0.1) is 0 Å². The molecule has 0 saturated heterocycles. The molecule has 1 aromatic carbocycles. The lowest BCUT2D eigenvalue weighted by Gasteiger charge is -2.17. The smallest absolute Gasteiger partial charge is 0.224 e. The summed E-state index contributed by atoms with van der Waals surface area (Å²) < 4.78 is 11.3. The Labute approximate surface area is 151 Å². The minimum atomic E-state index is 0.0904. The first kappa shape index (κ1) is 16.5. The Hall–Kier alpha value is -1.95. The van der Waals surface area contributed by atoms with Gasteiger partial charge in [0.25, 0.3) is 0 Å². The van der Waals surface area contributed by atoms with Gasteiger partial charge in [-0.25, -0.2) is 0 Å². The lowest BCUT2D eigenvalue weighted by Crippen LogP contribution is -2.18. The van der Waals surface area contributed by atoms with Crippen LogP contribution in [0.5, 0.6) is 5.75 Å². The molecule has 0 saturated carbocycles. The molecule has 2 aliphatic rings. The first-order valence-corrected chi connectivity index (χ1v) is 10.0. The lowest BCUT2D eigenvalue weighted by atomic mass is 9.97. The molecular formula is C19H22N2O3S. The molecule has 132 valence electrons. The third-order valence-corrected chi connectivity index (χ3v) is 5.67. The van der Waals surface area contributed by atoms with Crippen molar-refractivity contribution in [1.82, 2.24) is 5.16 Å². The van der Waals surface area contributed by atoms with Crippen LogP contribution < -0.4 is 10.1 Å². The molecule has 4 rings (SSSR count). The third kappa shape index (κ3) is 3.84. The number of carbonyl (C=O) groups excluding carboxylic acids is 1. The molecule has 2 heterocycles. The maximum absolute atomic E-state index is 11.4. The molecule has 0 spiro atoms. The van der Waals surface area contributed by atoms with Crippen LogP contribution in [0.2, 0.25) is 0 Å². The Morgan fingerprint density at radius 2 is 2.12 bits per heavy atom. The number of amides is 1. The second kappa shape index (κ2) is 7.52. The van der Waals surface area contributed by atoms with E-state index in [1.54, 1.807) is 0 Å². The SMILES string of the molecule is O=C1CCc2cc(OCCSCc3noc4c3CCCC4)ccc2N1. The Kier molecular flexibility index (Phi) is 4.97. The number of fused-ring (bicyclic) bond motifs is 2. The summed E-state index contributed by atoms with van der Waals surface area (Å²) in [5.41, 5.74) is 4.52. The Balaban J connectivity index is 1.23. The predicted octanol–water partition coefficient (Wildman–Crippen LogP) is 3.75. The van der Waals surface area contributed by atoms with E-state index in [0.29, 0.717) is 13.0 Å². The van der Waals surface area contributed by atoms with E-state index in [0.717, 1.165) is 59.2 Å². The van der Waals surface area contributed by atoms with Gasteiger partial charge in [-0.05, 0) is 49.4 Å². The number of carbonyl (C=O) groups is 1. The van der Waals surface area contributed by atoms with Gasteiger partial charge in [0.1, 0.15) is 11.5 Å². The van der Waals surface area contributed by atoms with Crippen LogP contribution in [0.25, 0.3) is 0 Å². The van der Waals surface area contributed by atoms with Crippen molar-refractivity contribution in [2.45, 2.75) is 44.3 Å². The number of anilines is 1. The van der Waals surface area contributed by atoms with E-state index in [2.05, 4.69) is 10.5 Å². The molecule has 0 bridgehead atoms. The summed E-state index contributed by atoms with van der Waals surface area (Å²) in [5.74, 6) is 3.86. The van der Waals surface area contributed by atoms with Crippen LogP contribution in [0.1, 0.15) is 41.8 Å². The van der Waals surface area contributed by atoms with Gasteiger partial charge in [-0.1, -0.05) is 5.16 Å². The summed E-state index contributed by atoms with van der Waals surface area (Å²) in [6.45, 7) is 0.663. The van der Waals surface area contributed by atoms with Crippen LogP contribution in [-0.2, 0) is 29.8 Å². The number of thioether (sulfide) groups is 1. The molecule has 1 aliphatic heterocycles. The van der Waals surface area contributed by atoms with Gasteiger partial charge in [-0.2, -0.15) is 11.8 Å². The van der Waals surface area contributed by atoms with Crippen molar-refractivity contribution >= 4 is 23.4 Å². The highest BCUT2D eigenvalue weighted by molar-refractivity contribution is 7.98. The molecule has 25 heavy (non-hydrogen) atoms. The van der Waals surface area contributed by atoms with Crippen molar-refractivity contribution in [2.24, 2.45) is 0 Å². The first-order valence-electron chi connectivity index (χ1n) is 8.89. The standard InChI is InChI=1S/C19H22N2O3S/c22-19-8-5-13-11-14(6-7-16(13)20-19)23-9-10-25-12-17-15-3-1-2-4-18(15)24-21-17/h6-7,11H,1-5,8-10,12H2,(H,20,22). The number of hydrogen-bond donors (Lipinski definition) is 1. The quantitative estimate of drug-likeness (QED) is 0.797. The van der Waals surface area contributed by atoms with Gasteiger partial charge < -0.3 is 14.6 Å². The van der Waals surface area contributed by atoms with E-state index >= 15 is 0 Å². The summed E-state index contributed by atoms with van der Waals surface area (Å²) in [6.07, 6.45) is 5.94. The minimum Gasteiger partial charge on any atom is -0.493 e. The Morgan fingerprint density at radius 1 is 1.20 bits per heavy atom. The zero-order valence-corrected chi connectivity index (χ0v) is 15.0. The third-order valence-electron chi connectivity index (χ3n) is 4.74. The minimum absolute atomic E-state index is 0.0904. The van der Waals surface area contributed by atoms with E-state index in [9.17, 15) is 4.79 Å². The van der Waals surface area contributed by atoms with Crippen LogP contribution in [0.4, 0.5) is 5.69 Å². The average Bonchev–Trinajstić information content (AvgIpc) is 3.05. The summed E-state index contributed by atoms with van der Waals surface area (Å²) in [7, 11) is 0. The topological polar surface area (TPSA) is 64.4 Å². The van der Waals surface area contributed by atoms with Gasteiger partial charge in [0.2, 0.25) is 5.91 Å². The van der Waals surface area contributed by atoms with Crippen LogP contribution >= 0.6 is 11.8 Å². The zero-order chi connectivity index (χ0) is 17.1. The number of nitrogens with one attached hydrogen (secondary N) is 1. The Bertz CT molecular complexity index is 772. The van der Waals surface area contributed by atoms with Crippen molar-refractivity contribution in [3.8, 4) is 5.75 Å². The fourth-order valence-corrected chi connectivity index (χ4v) is 4.17. The molecule has 0 atom stereocenters. The molecule has 0 fully saturated rings. The highest BCUT2D eigenvalue weighted by Gasteiger charge is 2.19. The second-order valence-corrected chi connectivity index (χ2v) is 7.61. The highest BCUT2D eigenvalue weighted by Crippen LogP contribution is 2.28. The summed E-state index contributed by atoms with van der Waals surface area (Å²) in [6, 6.07) is 5.88. The molecule has 5 nitrogen and oxygen atoms in total. The molecule has 1 amide bonds. The molecule has 0 unspecified atom stereocenters. The molecule has 1 aliphatic carbocycles. The van der Waals surface area contributed by atoms with Crippen molar-refractivity contribution < 1.29 is 14.1 Å². The van der Waals surface area contributed by atoms with Crippen LogP contribution in [0.3, 0.4) is 0 Å². The van der Waals surface area contributed by atoms with Gasteiger partial charge in [0.15, 0.2) is 0 Å². The number of rotatable bonds is 6. The van der Waals surface area contributed by atoms with Gasteiger partial charge in [0.05, 0.1) is 12.3 Å². The van der Waals surface area contributed by atoms with Crippen LogP contribution in [0.15, 0.2) is 22.7 Å². The monoisotopic (exact) mass is 358 g/mol. The molecular weight excluding hydrogens is 336 g/mol. The average molecular weight is 358 g/mol. The summed E-state index contributed by atoms with van der Waals surface area (Å²) in [5, 5.41) is 7.13. The number of aryl methyl sites for hydroxylation is 2. The predicted molar refractivity (Wildman–Crippen MR) is 98.2 cm³/mol. The molecule has 2 aromatic rings. The van der Waals surface area contributed by atoms with E-state index in [4.69, 9.17) is 9.26 Å². The van der Waals surface area contributed by atoms with E-state index in [-0.39, 0.29) is 5.91 Å². The molecule has 0 radical (unpaired) electrons. The van der Waals surface area contributed by atoms with Gasteiger partial charge in [-0.3, -0.25) is 4.79 Å². The van der Waals surface area contributed by atoms with Crippen molar-refractivity contribution in [1.29, 1.82) is 0 Å². The lowest BCUT2D eigenvalue weighted by molar-refractivity contribution is -0.116. The van der Waals surface area contributed by atoms with E-state index in [1.165, 1.54) is 18.4 Å². The second-order valence-electron chi connectivity index (χ2n) is 6.51. The maximum atomic E-state index is 11.4. The summed E-state index contributed by atoms with van der Waals surface area (Å²) in [4.78, 5) is 11.4. The van der Waals surface area contributed by atoms with Gasteiger partial charge >= 0.3 is 0 Å². The number of nitrogens with zero attached hydrogens (tertiary/aromatic N) is 1. The zero-order valence-electron chi connectivity index (χ0n) is 14.2. The summed E-state index contributed by atoms with van der Waals surface area (Å²) >= 11 is 1.83. The fraction of sp³-hybridized carbons (Fsp3) is 0.474. The fourth-order valence-electron chi connectivity index (χ4n) is 3.40. The van der Waals surface area contributed by atoms with Crippen molar-refractivity contribution in [3.05, 3.63) is 40.8 Å². The van der Waals surface area contributed by atoms with Crippen molar-refractivity contribution in [3.63, 3.8) is 0 Å². The van der Waals surface area contributed by atoms with Gasteiger partial charge in [-0.15, -0.1) is 0 Å². The molecule has 6 heteroatoms. The van der Waals surface area contributed by atoms with Crippen LogP contribution in [-0.4, -0.2) is 23.4 Å². The normalized spacial score (nSPS) is 16.1. The highest BCUT2D eigenvalue weighted by atomic mass is 32.2. The Morgan fingerprint density at radius 3 is 3.08 bits per heavy atom. The van der Waals surface area contributed by atoms with E-state index < -0.39 is 0 Å². The first-order chi connectivity index (χ1) is 12.3. The number of aromatic nitrogens is 1. The largest absolute Gasteiger partial charge is 0.493 e. The number of ether oxygens (including phenoxy) is 1. The molecule has 1 aromatic heterocycles. The maximum Gasteiger partial charge on any atom is 0.224 e.